The minimum Gasteiger partial charge on any atom is -0.481 e. The van der Waals surface area contributed by atoms with Crippen molar-refractivity contribution in [2.24, 2.45) is 0 Å². The lowest BCUT2D eigenvalue weighted by Gasteiger charge is -2.16. The maximum absolute atomic E-state index is 13.3. The Labute approximate surface area is 102 Å². The molecule has 0 radical (unpaired) electrons. The van der Waals surface area contributed by atoms with Crippen LogP contribution < -0.4 is 0 Å². The van der Waals surface area contributed by atoms with Crippen LogP contribution in [0.4, 0.5) is 4.39 Å². The second kappa shape index (κ2) is 3.84. The SMILES string of the molecule is Cc1cc(F)c(Br)cc1C1(CC(=O)O)CC1. The van der Waals surface area contributed by atoms with Gasteiger partial charge in [0.2, 0.25) is 0 Å². The molecule has 1 aromatic rings. The largest absolute Gasteiger partial charge is 0.481 e. The van der Waals surface area contributed by atoms with Crippen LogP contribution in [0.3, 0.4) is 0 Å². The zero-order valence-corrected chi connectivity index (χ0v) is 10.5. The van der Waals surface area contributed by atoms with Gasteiger partial charge in [-0.2, -0.15) is 0 Å². The van der Waals surface area contributed by atoms with Crippen LogP contribution in [-0.4, -0.2) is 11.1 Å². The van der Waals surface area contributed by atoms with Crippen molar-refractivity contribution in [1.29, 1.82) is 0 Å². The van der Waals surface area contributed by atoms with E-state index < -0.39 is 5.97 Å². The van der Waals surface area contributed by atoms with Crippen LogP contribution in [0, 0.1) is 12.7 Å². The number of carboxylic acids is 1. The van der Waals surface area contributed by atoms with Gasteiger partial charge in [-0.25, -0.2) is 4.39 Å². The summed E-state index contributed by atoms with van der Waals surface area (Å²) in [5.74, 6) is -1.09. The second-order valence-electron chi connectivity index (χ2n) is 4.43. The Bertz CT molecular complexity index is 453. The fraction of sp³-hybridized carbons (Fsp3) is 0.417. The van der Waals surface area contributed by atoms with Crippen LogP contribution in [0.5, 0.6) is 0 Å². The Kier molecular flexibility index (Phi) is 2.78. The average molecular weight is 287 g/mol. The molecule has 1 aromatic carbocycles. The summed E-state index contributed by atoms with van der Waals surface area (Å²) in [4.78, 5) is 10.8. The molecule has 1 aliphatic rings. The van der Waals surface area contributed by atoms with Crippen molar-refractivity contribution in [3.05, 3.63) is 33.5 Å². The third-order valence-electron chi connectivity index (χ3n) is 3.18. The summed E-state index contributed by atoms with van der Waals surface area (Å²) in [6.45, 7) is 1.83. The molecule has 4 heteroatoms. The first-order valence-electron chi connectivity index (χ1n) is 5.12. The van der Waals surface area contributed by atoms with E-state index >= 15 is 0 Å². The van der Waals surface area contributed by atoms with E-state index in [0.717, 1.165) is 24.0 Å². The summed E-state index contributed by atoms with van der Waals surface area (Å²) < 4.78 is 13.7. The van der Waals surface area contributed by atoms with Crippen molar-refractivity contribution in [3.8, 4) is 0 Å². The molecule has 16 heavy (non-hydrogen) atoms. The first-order chi connectivity index (χ1) is 7.44. The minimum atomic E-state index is -0.794. The van der Waals surface area contributed by atoms with Crippen LogP contribution in [0.15, 0.2) is 16.6 Å². The van der Waals surface area contributed by atoms with Gasteiger partial charge in [-0.15, -0.1) is 0 Å². The Morgan fingerprint density at radius 3 is 2.69 bits per heavy atom. The smallest absolute Gasteiger partial charge is 0.304 e. The van der Waals surface area contributed by atoms with Crippen molar-refractivity contribution >= 4 is 21.9 Å². The molecule has 0 spiro atoms. The fourth-order valence-corrected chi connectivity index (χ4v) is 2.54. The number of aryl methyl sites for hydroxylation is 1. The number of hydrogen-bond acceptors (Lipinski definition) is 1. The van der Waals surface area contributed by atoms with E-state index in [1.165, 1.54) is 6.07 Å². The average Bonchev–Trinajstić information content (AvgIpc) is 2.91. The van der Waals surface area contributed by atoms with Crippen molar-refractivity contribution < 1.29 is 14.3 Å². The summed E-state index contributed by atoms with van der Waals surface area (Å²) in [6.07, 6.45) is 1.88. The highest BCUT2D eigenvalue weighted by molar-refractivity contribution is 9.10. The van der Waals surface area contributed by atoms with Gasteiger partial charge in [0.05, 0.1) is 10.9 Å². The van der Waals surface area contributed by atoms with Crippen LogP contribution in [0.2, 0.25) is 0 Å². The van der Waals surface area contributed by atoms with Gasteiger partial charge in [0.1, 0.15) is 5.82 Å². The minimum absolute atomic E-state index is 0.131. The summed E-state index contributed by atoms with van der Waals surface area (Å²) in [7, 11) is 0. The lowest BCUT2D eigenvalue weighted by atomic mass is 9.89. The predicted molar refractivity (Wildman–Crippen MR) is 62.0 cm³/mol. The summed E-state index contributed by atoms with van der Waals surface area (Å²) in [6, 6.07) is 3.18. The normalized spacial score (nSPS) is 17.2. The van der Waals surface area contributed by atoms with Crippen LogP contribution in [0.25, 0.3) is 0 Å². The maximum Gasteiger partial charge on any atom is 0.304 e. The molecule has 0 saturated heterocycles. The molecular weight excluding hydrogens is 275 g/mol. The molecule has 1 fully saturated rings. The number of carbonyl (C=O) groups is 1. The number of halogens is 2. The van der Waals surface area contributed by atoms with Gasteiger partial charge in [0.25, 0.3) is 0 Å². The molecule has 0 aliphatic heterocycles. The highest BCUT2D eigenvalue weighted by atomic mass is 79.9. The van der Waals surface area contributed by atoms with Gasteiger partial charge in [0.15, 0.2) is 0 Å². The maximum atomic E-state index is 13.3. The van der Waals surface area contributed by atoms with Crippen LogP contribution >= 0.6 is 15.9 Å². The fourth-order valence-electron chi connectivity index (χ4n) is 2.20. The zero-order valence-electron chi connectivity index (χ0n) is 8.89. The first kappa shape index (κ1) is 11.6. The number of hydrogen-bond donors (Lipinski definition) is 1. The summed E-state index contributed by atoms with van der Waals surface area (Å²) in [5.41, 5.74) is 1.54. The molecule has 0 bridgehead atoms. The van der Waals surface area contributed by atoms with Gasteiger partial charge in [0, 0.05) is 5.41 Å². The lowest BCUT2D eigenvalue weighted by molar-refractivity contribution is -0.137. The molecule has 1 N–H and O–H groups in total. The molecule has 0 unspecified atom stereocenters. The first-order valence-corrected chi connectivity index (χ1v) is 5.92. The standard InChI is InChI=1S/C12H12BrFO2/c1-7-4-10(14)9(13)5-8(7)12(2-3-12)6-11(15)16/h4-5H,2-3,6H2,1H3,(H,15,16). The Morgan fingerprint density at radius 2 is 2.19 bits per heavy atom. The van der Waals surface area contributed by atoms with E-state index in [1.807, 2.05) is 6.92 Å². The number of aliphatic carboxylic acids is 1. The Morgan fingerprint density at radius 1 is 1.56 bits per heavy atom. The van der Waals surface area contributed by atoms with Crippen molar-refractivity contribution in [1.82, 2.24) is 0 Å². The Balaban J connectivity index is 2.41. The van der Waals surface area contributed by atoms with Gasteiger partial charge in [-0.3, -0.25) is 4.79 Å². The van der Waals surface area contributed by atoms with Crippen LogP contribution in [0.1, 0.15) is 30.4 Å². The zero-order chi connectivity index (χ0) is 11.9. The number of rotatable bonds is 3. The summed E-state index contributed by atoms with van der Waals surface area (Å²) >= 11 is 3.14. The molecule has 1 aliphatic carbocycles. The van der Waals surface area contributed by atoms with Crippen LogP contribution in [-0.2, 0) is 10.2 Å². The van der Waals surface area contributed by atoms with E-state index in [2.05, 4.69) is 15.9 Å². The topological polar surface area (TPSA) is 37.3 Å². The van der Waals surface area contributed by atoms with E-state index in [1.54, 1.807) is 6.07 Å². The van der Waals surface area contributed by atoms with E-state index in [9.17, 15) is 9.18 Å². The lowest BCUT2D eigenvalue weighted by Crippen LogP contribution is -2.14. The van der Waals surface area contributed by atoms with Crippen molar-refractivity contribution in [3.63, 3.8) is 0 Å². The van der Waals surface area contributed by atoms with Crippen molar-refractivity contribution in [2.45, 2.75) is 31.6 Å². The second-order valence-corrected chi connectivity index (χ2v) is 5.29. The van der Waals surface area contributed by atoms with Gasteiger partial charge in [-0.05, 0) is 59.0 Å². The number of carboxylic acid groups (broad SMARTS) is 1. The van der Waals surface area contributed by atoms with E-state index in [-0.39, 0.29) is 17.7 Å². The van der Waals surface area contributed by atoms with Gasteiger partial charge < -0.3 is 5.11 Å². The van der Waals surface area contributed by atoms with Crippen molar-refractivity contribution in [2.75, 3.05) is 0 Å². The molecule has 1 saturated carbocycles. The van der Waals surface area contributed by atoms with E-state index in [0.29, 0.717) is 4.47 Å². The predicted octanol–water partition coefficient (Wildman–Crippen LogP) is 3.40. The van der Waals surface area contributed by atoms with E-state index in [4.69, 9.17) is 5.11 Å². The molecule has 0 amide bonds. The Hall–Kier alpha value is -0.900. The summed E-state index contributed by atoms with van der Waals surface area (Å²) in [5, 5.41) is 8.88. The quantitative estimate of drug-likeness (QED) is 0.925. The molecular formula is C12H12BrFO2. The highest BCUT2D eigenvalue weighted by Crippen LogP contribution is 2.52. The van der Waals surface area contributed by atoms with Gasteiger partial charge >= 0.3 is 5.97 Å². The molecule has 86 valence electrons. The third-order valence-corrected chi connectivity index (χ3v) is 3.79. The third kappa shape index (κ3) is 1.98. The van der Waals surface area contributed by atoms with Gasteiger partial charge in [-0.1, -0.05) is 0 Å². The monoisotopic (exact) mass is 286 g/mol. The number of benzene rings is 1. The molecule has 0 heterocycles. The highest BCUT2D eigenvalue weighted by Gasteiger charge is 2.46. The molecule has 2 nitrogen and oxygen atoms in total. The molecule has 0 aromatic heterocycles. The molecule has 0 atom stereocenters. The molecule has 2 rings (SSSR count).